The molecule has 0 amide bonds. The Kier molecular flexibility index (Phi) is 4.88. The topological polar surface area (TPSA) is 59.6 Å². The quantitative estimate of drug-likeness (QED) is 0.409. The molecule has 0 heterocycles. The zero-order valence-corrected chi connectivity index (χ0v) is 9.88. The molecule has 3 N–H and O–H groups in total. The van der Waals surface area contributed by atoms with Crippen molar-refractivity contribution in [1.82, 2.24) is 5.32 Å². The summed E-state index contributed by atoms with van der Waals surface area (Å²) in [6, 6.07) is 0. The van der Waals surface area contributed by atoms with E-state index in [-0.39, 0.29) is 0 Å². The van der Waals surface area contributed by atoms with Gasteiger partial charge in [0.2, 0.25) is 0 Å². The van der Waals surface area contributed by atoms with Crippen LogP contribution in [0.4, 0.5) is 0 Å². The molecule has 0 radical (unpaired) electrons. The molecule has 1 fully saturated rings. The lowest BCUT2D eigenvalue weighted by Crippen LogP contribution is -2.35. The third kappa shape index (κ3) is 4.51. The zero-order valence-electron chi connectivity index (χ0n) is 9.88. The minimum absolute atomic E-state index is 0.382. The maximum absolute atomic E-state index is 5.73. The summed E-state index contributed by atoms with van der Waals surface area (Å²) in [5.74, 6) is 0.542. The number of rotatable bonds is 5. The van der Waals surface area contributed by atoms with E-state index >= 15 is 0 Å². The van der Waals surface area contributed by atoms with Crippen LogP contribution in [0, 0.1) is 5.41 Å². The Hall–Kier alpha value is -0.770. The molecule has 1 rings (SSSR count). The van der Waals surface area contributed by atoms with Crippen molar-refractivity contribution in [1.29, 1.82) is 0 Å². The summed E-state index contributed by atoms with van der Waals surface area (Å²) in [5.41, 5.74) is 6.12. The summed E-state index contributed by atoms with van der Waals surface area (Å²) >= 11 is 0. The van der Waals surface area contributed by atoms with Crippen molar-refractivity contribution in [3.63, 3.8) is 0 Å². The number of nitrogens with one attached hydrogen (secondary N) is 1. The SMILES string of the molecule is COCCNC(N)=NCC1(C)CCCC1. The molecule has 0 aliphatic heterocycles. The van der Waals surface area contributed by atoms with Crippen LogP contribution in [0.5, 0.6) is 0 Å². The molecule has 0 aromatic rings. The predicted octanol–water partition coefficient (Wildman–Crippen LogP) is 1.12. The molecule has 88 valence electrons. The first-order valence-corrected chi connectivity index (χ1v) is 5.69. The van der Waals surface area contributed by atoms with Crippen LogP contribution in [0.25, 0.3) is 0 Å². The van der Waals surface area contributed by atoms with Crippen LogP contribution in [-0.4, -0.2) is 32.8 Å². The maximum Gasteiger partial charge on any atom is 0.188 e. The molecule has 0 atom stereocenters. The van der Waals surface area contributed by atoms with E-state index in [4.69, 9.17) is 10.5 Å². The second-order valence-corrected chi connectivity index (χ2v) is 4.64. The van der Waals surface area contributed by atoms with Crippen molar-refractivity contribution < 1.29 is 4.74 Å². The maximum atomic E-state index is 5.73. The molecule has 0 aromatic carbocycles. The van der Waals surface area contributed by atoms with Gasteiger partial charge in [-0.1, -0.05) is 19.8 Å². The van der Waals surface area contributed by atoms with Crippen LogP contribution < -0.4 is 11.1 Å². The molecule has 1 aliphatic rings. The summed E-state index contributed by atoms with van der Waals surface area (Å²) in [4.78, 5) is 4.38. The predicted molar refractivity (Wildman–Crippen MR) is 62.9 cm³/mol. The van der Waals surface area contributed by atoms with E-state index in [9.17, 15) is 0 Å². The highest BCUT2D eigenvalue weighted by molar-refractivity contribution is 5.77. The number of nitrogens with two attached hydrogens (primary N) is 1. The van der Waals surface area contributed by atoms with Crippen molar-refractivity contribution in [3.05, 3.63) is 0 Å². The summed E-state index contributed by atoms with van der Waals surface area (Å²) in [5, 5.41) is 3.03. The Morgan fingerprint density at radius 2 is 2.13 bits per heavy atom. The average Bonchev–Trinajstić information content (AvgIpc) is 2.64. The molecule has 0 spiro atoms. The van der Waals surface area contributed by atoms with Crippen molar-refractivity contribution in [2.75, 3.05) is 26.8 Å². The first-order valence-electron chi connectivity index (χ1n) is 5.69. The van der Waals surface area contributed by atoms with Gasteiger partial charge in [-0.05, 0) is 18.3 Å². The van der Waals surface area contributed by atoms with E-state index < -0.39 is 0 Å². The number of guanidine groups is 1. The third-order valence-electron chi connectivity index (χ3n) is 3.05. The van der Waals surface area contributed by atoms with Crippen LogP contribution in [0.1, 0.15) is 32.6 Å². The highest BCUT2D eigenvalue weighted by Gasteiger charge is 2.28. The molecule has 4 nitrogen and oxygen atoms in total. The standard InChI is InChI=1S/C11H23N3O/c1-11(5-3-4-6-11)9-14-10(12)13-7-8-15-2/h3-9H2,1-2H3,(H3,12,13,14). The first kappa shape index (κ1) is 12.3. The van der Waals surface area contributed by atoms with E-state index in [0.29, 0.717) is 18.0 Å². The van der Waals surface area contributed by atoms with Crippen LogP contribution >= 0.6 is 0 Å². The van der Waals surface area contributed by atoms with Gasteiger partial charge >= 0.3 is 0 Å². The van der Waals surface area contributed by atoms with Gasteiger partial charge in [0, 0.05) is 20.2 Å². The summed E-state index contributed by atoms with van der Waals surface area (Å²) in [6.07, 6.45) is 5.23. The van der Waals surface area contributed by atoms with Crippen molar-refractivity contribution >= 4 is 5.96 Å². The molecule has 0 unspecified atom stereocenters. The number of hydrogen-bond acceptors (Lipinski definition) is 2. The second kappa shape index (κ2) is 5.95. The zero-order chi connectivity index (χ0) is 11.1. The monoisotopic (exact) mass is 213 g/mol. The Bertz CT molecular complexity index is 210. The van der Waals surface area contributed by atoms with Gasteiger partial charge in [-0.25, -0.2) is 0 Å². The van der Waals surface area contributed by atoms with Crippen LogP contribution in [0.2, 0.25) is 0 Å². The smallest absolute Gasteiger partial charge is 0.188 e. The van der Waals surface area contributed by atoms with E-state index in [2.05, 4.69) is 17.2 Å². The highest BCUT2D eigenvalue weighted by Crippen LogP contribution is 2.37. The van der Waals surface area contributed by atoms with Gasteiger partial charge in [0.15, 0.2) is 5.96 Å². The fraction of sp³-hybridized carbons (Fsp3) is 0.909. The number of hydrogen-bond donors (Lipinski definition) is 2. The third-order valence-corrected chi connectivity index (χ3v) is 3.05. The van der Waals surface area contributed by atoms with Gasteiger partial charge in [-0.3, -0.25) is 4.99 Å². The Morgan fingerprint density at radius 3 is 2.73 bits per heavy atom. The Labute approximate surface area is 92.3 Å². The molecular weight excluding hydrogens is 190 g/mol. The van der Waals surface area contributed by atoms with Gasteiger partial charge in [0.25, 0.3) is 0 Å². The average molecular weight is 213 g/mol. The molecule has 15 heavy (non-hydrogen) atoms. The molecule has 4 heteroatoms. The van der Waals surface area contributed by atoms with E-state index in [1.807, 2.05) is 0 Å². The van der Waals surface area contributed by atoms with Gasteiger partial charge < -0.3 is 15.8 Å². The summed E-state index contributed by atoms with van der Waals surface area (Å²) in [6.45, 7) is 4.53. The first-order chi connectivity index (χ1) is 7.16. The Balaban J connectivity index is 2.23. The summed E-state index contributed by atoms with van der Waals surface area (Å²) in [7, 11) is 1.68. The number of ether oxygens (including phenoxy) is 1. The minimum atomic E-state index is 0.382. The number of aliphatic imine (C=N–C) groups is 1. The van der Waals surface area contributed by atoms with E-state index in [1.165, 1.54) is 25.7 Å². The molecule has 1 saturated carbocycles. The van der Waals surface area contributed by atoms with Crippen LogP contribution in [0.3, 0.4) is 0 Å². The van der Waals surface area contributed by atoms with Crippen molar-refractivity contribution in [2.45, 2.75) is 32.6 Å². The second-order valence-electron chi connectivity index (χ2n) is 4.64. The van der Waals surface area contributed by atoms with Gasteiger partial charge in [-0.2, -0.15) is 0 Å². The fourth-order valence-electron chi connectivity index (χ4n) is 2.00. The van der Waals surface area contributed by atoms with Crippen molar-refractivity contribution in [3.8, 4) is 0 Å². The number of nitrogens with zero attached hydrogens (tertiary/aromatic N) is 1. The molecule has 0 bridgehead atoms. The minimum Gasteiger partial charge on any atom is -0.383 e. The highest BCUT2D eigenvalue weighted by atomic mass is 16.5. The number of methoxy groups -OCH3 is 1. The largest absolute Gasteiger partial charge is 0.383 e. The van der Waals surface area contributed by atoms with Crippen LogP contribution in [0.15, 0.2) is 4.99 Å². The van der Waals surface area contributed by atoms with E-state index in [0.717, 1.165) is 13.1 Å². The molecule has 0 aromatic heterocycles. The van der Waals surface area contributed by atoms with E-state index in [1.54, 1.807) is 7.11 Å². The molecular formula is C11H23N3O. The van der Waals surface area contributed by atoms with Crippen LogP contribution in [-0.2, 0) is 4.74 Å². The Morgan fingerprint density at radius 1 is 1.47 bits per heavy atom. The lowest BCUT2D eigenvalue weighted by Gasteiger charge is -2.20. The van der Waals surface area contributed by atoms with Gasteiger partial charge in [-0.15, -0.1) is 0 Å². The normalized spacial score (nSPS) is 20.5. The molecule has 0 saturated heterocycles. The lowest BCUT2D eigenvalue weighted by atomic mass is 9.89. The van der Waals surface area contributed by atoms with Gasteiger partial charge in [0.05, 0.1) is 6.61 Å². The fourth-order valence-corrected chi connectivity index (χ4v) is 2.00. The summed E-state index contributed by atoms with van der Waals surface area (Å²) < 4.78 is 4.92. The lowest BCUT2D eigenvalue weighted by molar-refractivity contribution is 0.204. The molecule has 1 aliphatic carbocycles. The van der Waals surface area contributed by atoms with Gasteiger partial charge in [0.1, 0.15) is 0 Å². The van der Waals surface area contributed by atoms with Crippen molar-refractivity contribution in [2.24, 2.45) is 16.1 Å².